The van der Waals surface area contributed by atoms with Crippen molar-refractivity contribution in [3.63, 3.8) is 0 Å². The van der Waals surface area contributed by atoms with E-state index >= 15 is 0 Å². The Kier molecular flexibility index (Phi) is 5.55. The van der Waals surface area contributed by atoms with Crippen LogP contribution in [0.5, 0.6) is 0 Å². The van der Waals surface area contributed by atoms with Gasteiger partial charge in [0.05, 0.1) is 12.6 Å². The number of hydrogen-bond acceptors (Lipinski definition) is 3. The second-order valence-electron chi connectivity index (χ2n) is 2.94. The van der Waals surface area contributed by atoms with Crippen molar-refractivity contribution in [1.82, 2.24) is 4.90 Å². The van der Waals surface area contributed by atoms with Gasteiger partial charge in [0.2, 0.25) is 5.91 Å². The summed E-state index contributed by atoms with van der Waals surface area (Å²) in [4.78, 5) is 23.0. The smallest absolute Gasteiger partial charge is 0.317 e. The van der Waals surface area contributed by atoms with Crippen LogP contribution in [0.4, 0.5) is 0 Å². The van der Waals surface area contributed by atoms with Crippen LogP contribution in [0.15, 0.2) is 12.7 Å². The highest BCUT2D eigenvalue weighted by atomic mass is 16.4. The summed E-state index contributed by atoms with van der Waals surface area (Å²) >= 11 is 0. The fourth-order valence-corrected chi connectivity index (χ4v) is 1.28. The fraction of sp³-hybridized carbons (Fsp3) is 0.556. The van der Waals surface area contributed by atoms with E-state index in [-0.39, 0.29) is 6.54 Å². The monoisotopic (exact) mass is 200 g/mol. The molecule has 0 aromatic carbocycles. The number of aliphatic carboxylic acids is 1. The molecule has 5 heteroatoms. The third kappa shape index (κ3) is 4.04. The van der Waals surface area contributed by atoms with Crippen molar-refractivity contribution in [2.24, 2.45) is 5.73 Å². The van der Waals surface area contributed by atoms with Crippen molar-refractivity contribution in [1.29, 1.82) is 0 Å². The molecule has 80 valence electrons. The van der Waals surface area contributed by atoms with Crippen molar-refractivity contribution in [2.45, 2.75) is 19.4 Å². The van der Waals surface area contributed by atoms with Crippen molar-refractivity contribution >= 4 is 11.9 Å². The van der Waals surface area contributed by atoms with Crippen molar-refractivity contribution < 1.29 is 14.7 Å². The summed E-state index contributed by atoms with van der Waals surface area (Å²) < 4.78 is 0. The summed E-state index contributed by atoms with van der Waals surface area (Å²) in [6.45, 7) is 5.42. The summed E-state index contributed by atoms with van der Waals surface area (Å²) in [7, 11) is 0. The molecule has 5 nitrogen and oxygen atoms in total. The molecule has 0 aliphatic carbocycles. The summed E-state index contributed by atoms with van der Waals surface area (Å²) in [5.41, 5.74) is 5.15. The van der Waals surface area contributed by atoms with Crippen LogP contribution in [0, 0.1) is 0 Å². The molecule has 0 aliphatic rings. The van der Waals surface area contributed by atoms with E-state index in [1.807, 2.05) is 0 Å². The SMILES string of the molecule is C=CCN(CC(=O)O)C(CC)C(N)=O. The molecule has 0 heterocycles. The number of hydrogen-bond donors (Lipinski definition) is 2. The maximum absolute atomic E-state index is 11.0. The molecule has 0 aromatic rings. The van der Waals surface area contributed by atoms with E-state index in [1.165, 1.54) is 4.90 Å². The highest BCUT2D eigenvalue weighted by molar-refractivity contribution is 5.80. The number of carbonyl (C=O) groups is 2. The Hall–Kier alpha value is -1.36. The molecule has 0 fully saturated rings. The Labute approximate surface area is 83.2 Å². The molecule has 0 radical (unpaired) electrons. The molecule has 0 aliphatic heterocycles. The number of carboxylic acids is 1. The van der Waals surface area contributed by atoms with Crippen LogP contribution in [0.3, 0.4) is 0 Å². The molecular weight excluding hydrogens is 184 g/mol. The topological polar surface area (TPSA) is 83.6 Å². The van der Waals surface area contributed by atoms with Gasteiger partial charge in [0.25, 0.3) is 0 Å². The predicted octanol–water partition coefficient (Wildman–Crippen LogP) is -0.177. The molecule has 1 amide bonds. The fourth-order valence-electron chi connectivity index (χ4n) is 1.28. The normalized spacial score (nSPS) is 12.4. The summed E-state index contributed by atoms with van der Waals surface area (Å²) in [6.07, 6.45) is 2.05. The molecule has 0 saturated heterocycles. The zero-order valence-corrected chi connectivity index (χ0v) is 8.27. The van der Waals surface area contributed by atoms with Gasteiger partial charge in [-0.1, -0.05) is 13.0 Å². The summed E-state index contributed by atoms with van der Waals surface area (Å²) in [6, 6.07) is -0.538. The van der Waals surface area contributed by atoms with Crippen LogP contribution < -0.4 is 5.73 Å². The van der Waals surface area contributed by atoms with Crippen LogP contribution >= 0.6 is 0 Å². The van der Waals surface area contributed by atoms with Gasteiger partial charge in [0.15, 0.2) is 0 Å². The molecule has 0 spiro atoms. The number of rotatable bonds is 7. The lowest BCUT2D eigenvalue weighted by atomic mass is 10.2. The third-order valence-corrected chi connectivity index (χ3v) is 1.86. The lowest BCUT2D eigenvalue weighted by Gasteiger charge is -2.25. The van der Waals surface area contributed by atoms with Crippen molar-refractivity contribution in [3.8, 4) is 0 Å². The number of carbonyl (C=O) groups excluding carboxylic acids is 1. The van der Waals surface area contributed by atoms with E-state index in [4.69, 9.17) is 10.8 Å². The maximum atomic E-state index is 11.0. The minimum absolute atomic E-state index is 0.201. The van der Waals surface area contributed by atoms with Gasteiger partial charge in [-0.15, -0.1) is 6.58 Å². The van der Waals surface area contributed by atoms with E-state index < -0.39 is 17.9 Å². The number of primary amides is 1. The van der Waals surface area contributed by atoms with Gasteiger partial charge < -0.3 is 10.8 Å². The van der Waals surface area contributed by atoms with Crippen LogP contribution in [0.1, 0.15) is 13.3 Å². The Bertz CT molecular complexity index is 228. The molecular formula is C9H16N2O3. The highest BCUT2D eigenvalue weighted by Crippen LogP contribution is 2.03. The highest BCUT2D eigenvalue weighted by Gasteiger charge is 2.22. The number of carboxylic acid groups (broad SMARTS) is 1. The largest absolute Gasteiger partial charge is 0.480 e. The van der Waals surface area contributed by atoms with Crippen LogP contribution in [-0.2, 0) is 9.59 Å². The second-order valence-corrected chi connectivity index (χ2v) is 2.94. The van der Waals surface area contributed by atoms with E-state index in [0.29, 0.717) is 13.0 Å². The molecule has 0 bridgehead atoms. The third-order valence-electron chi connectivity index (χ3n) is 1.86. The first-order valence-electron chi connectivity index (χ1n) is 4.39. The number of nitrogens with zero attached hydrogens (tertiary/aromatic N) is 1. The molecule has 1 unspecified atom stereocenters. The van der Waals surface area contributed by atoms with Gasteiger partial charge in [0, 0.05) is 6.54 Å². The Morgan fingerprint density at radius 1 is 1.64 bits per heavy atom. The number of nitrogens with two attached hydrogens (primary N) is 1. The zero-order valence-electron chi connectivity index (χ0n) is 8.27. The Balaban J connectivity index is 4.49. The molecule has 0 aromatic heterocycles. The van der Waals surface area contributed by atoms with Crippen LogP contribution in [0.25, 0.3) is 0 Å². The van der Waals surface area contributed by atoms with E-state index in [9.17, 15) is 9.59 Å². The lowest BCUT2D eigenvalue weighted by Crippen LogP contribution is -2.46. The Morgan fingerprint density at radius 3 is 2.50 bits per heavy atom. The average molecular weight is 200 g/mol. The first-order chi connectivity index (χ1) is 6.52. The van der Waals surface area contributed by atoms with Gasteiger partial charge in [-0.05, 0) is 6.42 Å². The van der Waals surface area contributed by atoms with Crippen LogP contribution in [-0.4, -0.2) is 41.0 Å². The standard InChI is InChI=1S/C9H16N2O3/c1-3-5-11(6-8(12)13)7(4-2)9(10)14/h3,7H,1,4-6H2,2H3,(H2,10,14)(H,12,13). The van der Waals surface area contributed by atoms with Gasteiger partial charge in [-0.25, -0.2) is 0 Å². The van der Waals surface area contributed by atoms with E-state index in [1.54, 1.807) is 13.0 Å². The van der Waals surface area contributed by atoms with E-state index in [0.717, 1.165) is 0 Å². The summed E-state index contributed by atoms with van der Waals surface area (Å²) in [5, 5.41) is 8.61. The predicted molar refractivity (Wildman–Crippen MR) is 52.7 cm³/mol. The molecule has 1 atom stereocenters. The molecule has 0 saturated carbocycles. The molecule has 3 N–H and O–H groups in total. The van der Waals surface area contributed by atoms with Gasteiger partial charge in [-0.2, -0.15) is 0 Å². The first kappa shape index (κ1) is 12.6. The van der Waals surface area contributed by atoms with Crippen molar-refractivity contribution in [2.75, 3.05) is 13.1 Å². The molecule has 14 heavy (non-hydrogen) atoms. The zero-order chi connectivity index (χ0) is 11.1. The lowest BCUT2D eigenvalue weighted by molar-refractivity contribution is -0.139. The minimum atomic E-state index is -0.980. The first-order valence-corrected chi connectivity index (χ1v) is 4.39. The quantitative estimate of drug-likeness (QED) is 0.558. The average Bonchev–Trinajstić information content (AvgIpc) is 2.03. The van der Waals surface area contributed by atoms with Gasteiger partial charge in [-0.3, -0.25) is 14.5 Å². The van der Waals surface area contributed by atoms with Gasteiger partial charge >= 0.3 is 5.97 Å². The minimum Gasteiger partial charge on any atom is -0.480 e. The van der Waals surface area contributed by atoms with Crippen LogP contribution in [0.2, 0.25) is 0 Å². The number of amides is 1. The maximum Gasteiger partial charge on any atom is 0.317 e. The summed E-state index contributed by atoms with van der Waals surface area (Å²) in [5.74, 6) is -1.48. The Morgan fingerprint density at radius 2 is 2.21 bits per heavy atom. The van der Waals surface area contributed by atoms with Gasteiger partial charge in [0.1, 0.15) is 0 Å². The van der Waals surface area contributed by atoms with Crippen molar-refractivity contribution in [3.05, 3.63) is 12.7 Å². The second kappa shape index (κ2) is 6.15. The van der Waals surface area contributed by atoms with E-state index in [2.05, 4.69) is 6.58 Å². The molecule has 0 rings (SSSR count).